The first-order valence-electron chi connectivity index (χ1n) is 10.6. The van der Waals surface area contributed by atoms with Crippen molar-refractivity contribution in [3.63, 3.8) is 0 Å². The number of hydrogen-bond acceptors (Lipinski definition) is 8. The fraction of sp³-hybridized carbons (Fsp3) is 0.682. The third kappa shape index (κ3) is 10.5. The Balaban J connectivity index is 2.85. The van der Waals surface area contributed by atoms with E-state index in [1.165, 1.54) is 28.4 Å². The minimum atomic E-state index is -4.41. The Labute approximate surface area is 192 Å². The average Bonchev–Trinajstić information content (AvgIpc) is 2.76. The van der Waals surface area contributed by atoms with E-state index in [4.69, 9.17) is 28.4 Å². The normalized spacial score (nSPS) is 12.5. The number of ether oxygens (including phenoxy) is 6. The molecule has 0 fully saturated rings. The van der Waals surface area contributed by atoms with Crippen LogP contribution in [0.3, 0.4) is 0 Å². The standard InChI is InChI=1S/C22H34F3NO7/c1-6-32-20(27)9-7-8-10-33-15-11-18(28-2)16(19(12-15)29-3)14-26-17(13-22(23,24)25)21(30-4)31-5/h11-12,17,21,26H,6-10,13-14H2,1-5H3. The number of alkyl halides is 3. The fourth-order valence-corrected chi connectivity index (χ4v) is 3.18. The predicted octanol–water partition coefficient (Wildman–Crippen LogP) is 3.85. The van der Waals surface area contributed by atoms with Gasteiger partial charge in [0.1, 0.15) is 17.2 Å². The maximum absolute atomic E-state index is 13.0. The van der Waals surface area contributed by atoms with Crippen molar-refractivity contribution >= 4 is 5.97 Å². The maximum atomic E-state index is 13.0. The van der Waals surface area contributed by atoms with Gasteiger partial charge in [0.05, 0.1) is 45.5 Å². The van der Waals surface area contributed by atoms with Gasteiger partial charge in [-0.05, 0) is 19.8 Å². The summed E-state index contributed by atoms with van der Waals surface area (Å²) in [5.41, 5.74) is 0.521. The molecule has 11 heteroatoms. The molecule has 0 spiro atoms. The van der Waals surface area contributed by atoms with E-state index >= 15 is 0 Å². The lowest BCUT2D eigenvalue weighted by molar-refractivity contribution is -0.178. The summed E-state index contributed by atoms with van der Waals surface area (Å²) in [6.45, 7) is 2.48. The van der Waals surface area contributed by atoms with Gasteiger partial charge in [-0.25, -0.2) is 0 Å². The number of methoxy groups -OCH3 is 4. The Kier molecular flexibility index (Phi) is 12.9. The lowest BCUT2D eigenvalue weighted by Crippen LogP contribution is -2.44. The van der Waals surface area contributed by atoms with Gasteiger partial charge in [-0.2, -0.15) is 13.2 Å². The molecule has 0 aliphatic heterocycles. The van der Waals surface area contributed by atoms with Gasteiger partial charge in [0.2, 0.25) is 0 Å². The zero-order valence-corrected chi connectivity index (χ0v) is 19.8. The monoisotopic (exact) mass is 481 g/mol. The zero-order chi connectivity index (χ0) is 24.9. The number of benzene rings is 1. The third-order valence-electron chi connectivity index (χ3n) is 4.72. The molecule has 190 valence electrons. The number of rotatable bonds is 16. The predicted molar refractivity (Wildman–Crippen MR) is 115 cm³/mol. The highest BCUT2D eigenvalue weighted by Crippen LogP contribution is 2.35. The van der Waals surface area contributed by atoms with Crippen molar-refractivity contribution in [3.8, 4) is 17.2 Å². The van der Waals surface area contributed by atoms with E-state index in [-0.39, 0.29) is 12.5 Å². The van der Waals surface area contributed by atoms with Gasteiger partial charge >= 0.3 is 12.1 Å². The first-order valence-corrected chi connectivity index (χ1v) is 10.6. The highest BCUT2D eigenvalue weighted by molar-refractivity contribution is 5.69. The van der Waals surface area contributed by atoms with Crippen molar-refractivity contribution in [1.82, 2.24) is 5.32 Å². The minimum Gasteiger partial charge on any atom is -0.496 e. The van der Waals surface area contributed by atoms with Crippen molar-refractivity contribution < 1.29 is 46.4 Å². The molecule has 0 radical (unpaired) electrons. The Morgan fingerprint density at radius 3 is 2.12 bits per heavy atom. The number of esters is 1. The Bertz CT molecular complexity index is 687. The number of carbonyl (C=O) groups excluding carboxylic acids is 1. The van der Waals surface area contributed by atoms with Gasteiger partial charge in [-0.3, -0.25) is 4.79 Å². The fourth-order valence-electron chi connectivity index (χ4n) is 3.18. The van der Waals surface area contributed by atoms with Crippen molar-refractivity contribution in [2.75, 3.05) is 41.7 Å². The molecule has 0 saturated carbocycles. The Morgan fingerprint density at radius 1 is 1.03 bits per heavy atom. The van der Waals surface area contributed by atoms with Gasteiger partial charge in [-0.1, -0.05) is 0 Å². The van der Waals surface area contributed by atoms with E-state index < -0.39 is 24.9 Å². The van der Waals surface area contributed by atoms with Crippen molar-refractivity contribution in [1.29, 1.82) is 0 Å². The molecule has 1 rings (SSSR count). The molecule has 1 unspecified atom stereocenters. The van der Waals surface area contributed by atoms with E-state index in [1.807, 2.05) is 0 Å². The summed E-state index contributed by atoms with van der Waals surface area (Å²) in [6, 6.07) is 2.12. The number of unbranched alkanes of at least 4 members (excludes halogenated alkanes) is 1. The molecule has 0 aliphatic carbocycles. The second-order valence-corrected chi connectivity index (χ2v) is 7.06. The SMILES string of the molecule is CCOC(=O)CCCCOc1cc(OC)c(CNC(CC(F)(F)F)C(OC)OC)c(OC)c1. The molecule has 1 atom stereocenters. The smallest absolute Gasteiger partial charge is 0.390 e. The first-order chi connectivity index (χ1) is 15.7. The quantitative estimate of drug-likeness (QED) is 0.217. The van der Waals surface area contributed by atoms with Gasteiger partial charge < -0.3 is 33.7 Å². The van der Waals surface area contributed by atoms with Crippen LogP contribution >= 0.6 is 0 Å². The van der Waals surface area contributed by atoms with Crippen LogP contribution in [0.2, 0.25) is 0 Å². The highest BCUT2D eigenvalue weighted by Gasteiger charge is 2.36. The van der Waals surface area contributed by atoms with E-state index in [2.05, 4.69) is 5.32 Å². The van der Waals surface area contributed by atoms with Crippen molar-refractivity contribution in [3.05, 3.63) is 17.7 Å². The Hall–Kier alpha value is -2.24. The molecule has 0 bridgehead atoms. The van der Waals surface area contributed by atoms with Crippen LogP contribution < -0.4 is 19.5 Å². The number of carbonyl (C=O) groups is 1. The molecule has 0 aromatic heterocycles. The second kappa shape index (κ2) is 14.8. The van der Waals surface area contributed by atoms with E-state index in [9.17, 15) is 18.0 Å². The lowest BCUT2D eigenvalue weighted by Gasteiger charge is -2.27. The van der Waals surface area contributed by atoms with E-state index in [0.717, 1.165) is 0 Å². The van der Waals surface area contributed by atoms with Crippen molar-refractivity contribution in [2.24, 2.45) is 0 Å². The van der Waals surface area contributed by atoms with E-state index in [0.29, 0.717) is 55.3 Å². The Morgan fingerprint density at radius 2 is 1.64 bits per heavy atom. The van der Waals surface area contributed by atoms with Gasteiger partial charge in [0.15, 0.2) is 6.29 Å². The van der Waals surface area contributed by atoms with Crippen LogP contribution in [-0.4, -0.2) is 66.1 Å². The summed E-state index contributed by atoms with van der Waals surface area (Å²) in [6.07, 6.45) is -5.07. The third-order valence-corrected chi connectivity index (χ3v) is 4.72. The molecular formula is C22H34F3NO7. The molecule has 1 N–H and O–H groups in total. The zero-order valence-electron chi connectivity index (χ0n) is 19.8. The summed E-state index contributed by atoms with van der Waals surface area (Å²) in [5.74, 6) is 1.01. The highest BCUT2D eigenvalue weighted by atomic mass is 19.4. The van der Waals surface area contributed by atoms with Crippen LogP contribution in [0.15, 0.2) is 12.1 Å². The summed E-state index contributed by atoms with van der Waals surface area (Å²) in [7, 11) is 5.45. The molecule has 0 amide bonds. The molecule has 33 heavy (non-hydrogen) atoms. The minimum absolute atomic E-state index is 0.0101. The number of hydrogen-bond donors (Lipinski definition) is 1. The molecule has 0 aliphatic rings. The van der Waals surface area contributed by atoms with Crippen LogP contribution in [-0.2, 0) is 25.5 Å². The maximum Gasteiger partial charge on any atom is 0.390 e. The summed E-state index contributed by atoms with van der Waals surface area (Å²) in [5, 5.41) is 2.83. The lowest BCUT2D eigenvalue weighted by atomic mass is 10.1. The van der Waals surface area contributed by atoms with Crippen LogP contribution in [0.4, 0.5) is 13.2 Å². The summed E-state index contributed by atoms with van der Waals surface area (Å²) < 4.78 is 70.6. The molecule has 8 nitrogen and oxygen atoms in total. The van der Waals surface area contributed by atoms with Gasteiger partial charge in [-0.15, -0.1) is 0 Å². The molecule has 1 aromatic rings. The topological polar surface area (TPSA) is 84.5 Å². The largest absolute Gasteiger partial charge is 0.496 e. The van der Waals surface area contributed by atoms with Crippen LogP contribution in [0.5, 0.6) is 17.2 Å². The molecule has 0 saturated heterocycles. The van der Waals surface area contributed by atoms with Crippen molar-refractivity contribution in [2.45, 2.75) is 57.7 Å². The summed E-state index contributed by atoms with van der Waals surface area (Å²) in [4.78, 5) is 11.4. The van der Waals surface area contributed by atoms with Crippen LogP contribution in [0.1, 0.15) is 38.2 Å². The van der Waals surface area contributed by atoms with Gasteiger partial charge in [0.25, 0.3) is 0 Å². The van der Waals surface area contributed by atoms with Crippen LogP contribution in [0, 0.1) is 0 Å². The van der Waals surface area contributed by atoms with E-state index in [1.54, 1.807) is 19.1 Å². The number of halogens is 3. The molecule has 0 heterocycles. The van der Waals surface area contributed by atoms with Gasteiger partial charge in [0, 0.05) is 39.3 Å². The first kappa shape index (κ1) is 28.8. The average molecular weight is 482 g/mol. The molecule has 1 aromatic carbocycles. The second-order valence-electron chi connectivity index (χ2n) is 7.06. The van der Waals surface area contributed by atoms with Crippen LogP contribution in [0.25, 0.3) is 0 Å². The number of nitrogens with one attached hydrogen (secondary N) is 1. The summed E-state index contributed by atoms with van der Waals surface area (Å²) >= 11 is 0. The molecular weight excluding hydrogens is 447 g/mol.